The Hall–Kier alpha value is -3.48. The van der Waals surface area contributed by atoms with Gasteiger partial charge in [0, 0.05) is 41.5 Å². The van der Waals surface area contributed by atoms with Gasteiger partial charge in [0.1, 0.15) is 11.5 Å². The molecule has 1 heterocycles. The first-order valence-corrected chi connectivity index (χ1v) is 10.7. The summed E-state index contributed by atoms with van der Waals surface area (Å²) in [5, 5.41) is 13.0. The van der Waals surface area contributed by atoms with Gasteiger partial charge in [-0.1, -0.05) is 6.07 Å². The van der Waals surface area contributed by atoms with Gasteiger partial charge < -0.3 is 24.6 Å². The van der Waals surface area contributed by atoms with Gasteiger partial charge in [-0.3, -0.25) is 9.59 Å². The molecule has 0 saturated heterocycles. The van der Waals surface area contributed by atoms with Gasteiger partial charge in [0.25, 0.3) is 0 Å². The van der Waals surface area contributed by atoms with Crippen LogP contribution in [0.1, 0.15) is 49.1 Å². The second-order valence-corrected chi connectivity index (χ2v) is 7.99. The second kappa shape index (κ2) is 8.94. The van der Waals surface area contributed by atoms with E-state index in [0.717, 1.165) is 11.1 Å². The molecule has 0 fully saturated rings. The summed E-state index contributed by atoms with van der Waals surface area (Å²) in [6.07, 6.45) is 1.00. The molecular formula is C25H27NO6. The van der Waals surface area contributed by atoms with E-state index in [4.69, 9.17) is 14.2 Å². The number of carbonyl (C=O) groups excluding carboxylic acids is 2. The Bertz CT molecular complexity index is 1090. The number of allylic oxidation sites excluding steroid dienone is 2. The summed E-state index contributed by atoms with van der Waals surface area (Å²) < 4.78 is 16.4. The lowest BCUT2D eigenvalue weighted by molar-refractivity contribution is -0.122. The van der Waals surface area contributed by atoms with Crippen molar-refractivity contribution in [3.8, 4) is 23.0 Å². The van der Waals surface area contributed by atoms with Crippen molar-refractivity contribution in [2.45, 2.75) is 38.0 Å². The third-order valence-electron chi connectivity index (χ3n) is 6.10. The quantitative estimate of drug-likeness (QED) is 0.714. The molecule has 0 spiro atoms. The molecule has 7 heteroatoms. The van der Waals surface area contributed by atoms with Crippen molar-refractivity contribution in [2.24, 2.45) is 0 Å². The molecule has 2 aromatic rings. The first-order chi connectivity index (χ1) is 15.4. The molecule has 2 aliphatic rings. The van der Waals surface area contributed by atoms with Gasteiger partial charge in [-0.05, 0) is 49.2 Å². The van der Waals surface area contributed by atoms with Crippen LogP contribution in [0.25, 0.3) is 0 Å². The third-order valence-corrected chi connectivity index (χ3v) is 6.10. The summed E-state index contributed by atoms with van der Waals surface area (Å²) in [5.74, 6) is 1.11. The number of carbonyl (C=O) groups is 2. The molecule has 0 saturated carbocycles. The van der Waals surface area contributed by atoms with E-state index in [9.17, 15) is 14.7 Å². The summed E-state index contributed by atoms with van der Waals surface area (Å²) in [6.45, 7) is 2.23. The van der Waals surface area contributed by atoms with Crippen molar-refractivity contribution in [1.82, 2.24) is 5.32 Å². The SMILES string of the molecule is CCOc1cc([C@H]2CC(=O)NC3=C2C(=O)C[C@H](c2cc(OC)ccc2OC)C3)ccc1O. The summed E-state index contributed by atoms with van der Waals surface area (Å²) in [6, 6.07) is 10.5. The fourth-order valence-electron chi connectivity index (χ4n) is 4.64. The Morgan fingerprint density at radius 3 is 2.53 bits per heavy atom. The fourth-order valence-corrected chi connectivity index (χ4v) is 4.64. The minimum absolute atomic E-state index is 0.00263. The zero-order valence-corrected chi connectivity index (χ0v) is 18.4. The number of methoxy groups -OCH3 is 2. The standard InChI is InChI=1S/C25H27NO6/c1-4-32-23-11-14(5-7-20(23)27)18-13-24(29)26-19-9-15(10-21(28)25(18)19)17-12-16(30-2)6-8-22(17)31-3/h5-8,11-12,15,18,27H,4,9-10,13H2,1-3H3,(H,26,29)/t15-,18-/m1/s1. The van der Waals surface area contributed by atoms with Crippen LogP contribution in [0, 0.1) is 0 Å². The molecule has 0 radical (unpaired) electrons. The molecule has 1 aliphatic heterocycles. The highest BCUT2D eigenvalue weighted by atomic mass is 16.5. The van der Waals surface area contributed by atoms with E-state index in [-0.39, 0.29) is 35.7 Å². The largest absolute Gasteiger partial charge is 0.504 e. The van der Waals surface area contributed by atoms with Gasteiger partial charge in [-0.25, -0.2) is 0 Å². The van der Waals surface area contributed by atoms with Crippen LogP contribution in [0.3, 0.4) is 0 Å². The number of benzene rings is 2. The number of amides is 1. The average Bonchev–Trinajstić information content (AvgIpc) is 2.79. The van der Waals surface area contributed by atoms with E-state index in [1.165, 1.54) is 0 Å². The predicted octanol–water partition coefficient (Wildman–Crippen LogP) is 3.81. The maximum atomic E-state index is 13.4. The van der Waals surface area contributed by atoms with Gasteiger partial charge in [0.2, 0.25) is 5.91 Å². The van der Waals surface area contributed by atoms with Crippen LogP contribution < -0.4 is 19.5 Å². The molecule has 4 rings (SSSR count). The molecule has 0 aromatic heterocycles. The number of hydrogen-bond acceptors (Lipinski definition) is 6. The van der Waals surface area contributed by atoms with Crippen molar-refractivity contribution >= 4 is 11.7 Å². The molecule has 2 atom stereocenters. The topological polar surface area (TPSA) is 94.1 Å². The van der Waals surface area contributed by atoms with Crippen molar-refractivity contribution in [3.05, 3.63) is 58.8 Å². The van der Waals surface area contributed by atoms with Gasteiger partial charge >= 0.3 is 0 Å². The Labute approximate surface area is 187 Å². The highest BCUT2D eigenvalue weighted by Gasteiger charge is 2.39. The molecule has 168 valence electrons. The Kier molecular flexibility index (Phi) is 6.08. The van der Waals surface area contributed by atoms with E-state index >= 15 is 0 Å². The molecule has 2 N–H and O–H groups in total. The van der Waals surface area contributed by atoms with Crippen LogP contribution in [-0.4, -0.2) is 37.6 Å². The van der Waals surface area contributed by atoms with Crippen molar-refractivity contribution in [1.29, 1.82) is 0 Å². The van der Waals surface area contributed by atoms with Crippen LogP contribution in [0.5, 0.6) is 23.0 Å². The number of phenolic OH excluding ortho intramolecular Hbond substituents is 1. The molecule has 2 aromatic carbocycles. The second-order valence-electron chi connectivity index (χ2n) is 7.99. The lowest BCUT2D eigenvalue weighted by Gasteiger charge is -2.35. The Morgan fingerprint density at radius 2 is 1.81 bits per heavy atom. The highest BCUT2D eigenvalue weighted by Crippen LogP contribution is 2.45. The zero-order valence-electron chi connectivity index (χ0n) is 18.4. The van der Waals surface area contributed by atoms with Gasteiger partial charge in [0.05, 0.1) is 20.8 Å². The minimum Gasteiger partial charge on any atom is -0.504 e. The number of ether oxygens (including phenoxy) is 3. The number of phenols is 1. The van der Waals surface area contributed by atoms with Crippen molar-refractivity contribution in [3.63, 3.8) is 0 Å². The van der Waals surface area contributed by atoms with E-state index in [1.807, 2.05) is 25.1 Å². The number of ketones is 1. The molecule has 7 nitrogen and oxygen atoms in total. The predicted molar refractivity (Wildman–Crippen MR) is 118 cm³/mol. The van der Waals surface area contributed by atoms with Gasteiger partial charge in [-0.2, -0.15) is 0 Å². The summed E-state index contributed by atoms with van der Waals surface area (Å²) >= 11 is 0. The first-order valence-electron chi connectivity index (χ1n) is 10.7. The zero-order chi connectivity index (χ0) is 22.8. The molecule has 0 unspecified atom stereocenters. The van der Waals surface area contributed by atoms with Crippen LogP contribution >= 0.6 is 0 Å². The normalized spacial score (nSPS) is 20.5. The van der Waals surface area contributed by atoms with E-state index in [2.05, 4.69) is 5.32 Å². The maximum Gasteiger partial charge on any atom is 0.225 e. The maximum absolute atomic E-state index is 13.4. The van der Waals surface area contributed by atoms with Crippen LogP contribution in [0.15, 0.2) is 47.7 Å². The summed E-state index contributed by atoms with van der Waals surface area (Å²) in [5.41, 5.74) is 2.95. The molecule has 0 bridgehead atoms. The van der Waals surface area contributed by atoms with Crippen molar-refractivity contribution in [2.75, 3.05) is 20.8 Å². The minimum atomic E-state index is -0.376. The number of aromatic hydroxyl groups is 1. The van der Waals surface area contributed by atoms with Gasteiger partial charge in [-0.15, -0.1) is 0 Å². The average molecular weight is 437 g/mol. The number of hydrogen-bond donors (Lipinski definition) is 2. The molecule has 32 heavy (non-hydrogen) atoms. The Balaban J connectivity index is 1.72. The third kappa shape index (κ3) is 4.02. The highest BCUT2D eigenvalue weighted by molar-refractivity contribution is 6.02. The van der Waals surface area contributed by atoms with E-state index in [1.54, 1.807) is 32.4 Å². The van der Waals surface area contributed by atoms with Crippen LogP contribution in [0.2, 0.25) is 0 Å². The van der Waals surface area contributed by atoms with Crippen LogP contribution in [-0.2, 0) is 9.59 Å². The first kappa shape index (κ1) is 21.7. The Morgan fingerprint density at radius 1 is 1.00 bits per heavy atom. The summed E-state index contributed by atoms with van der Waals surface area (Å²) in [7, 11) is 3.19. The lowest BCUT2D eigenvalue weighted by atomic mass is 9.73. The van der Waals surface area contributed by atoms with E-state index < -0.39 is 0 Å². The smallest absolute Gasteiger partial charge is 0.225 e. The van der Waals surface area contributed by atoms with Crippen LogP contribution in [0.4, 0.5) is 0 Å². The summed E-state index contributed by atoms with van der Waals surface area (Å²) in [4.78, 5) is 25.9. The fraction of sp³-hybridized carbons (Fsp3) is 0.360. The number of Topliss-reactive ketones (excluding diaryl/α,β-unsaturated/α-hetero) is 1. The van der Waals surface area contributed by atoms with Crippen molar-refractivity contribution < 1.29 is 28.9 Å². The lowest BCUT2D eigenvalue weighted by Crippen LogP contribution is -2.38. The molecular weight excluding hydrogens is 410 g/mol. The molecule has 1 aliphatic carbocycles. The number of nitrogens with one attached hydrogen (secondary N) is 1. The monoisotopic (exact) mass is 437 g/mol. The van der Waals surface area contributed by atoms with Gasteiger partial charge in [0.15, 0.2) is 17.3 Å². The number of rotatable bonds is 6. The van der Waals surface area contributed by atoms with E-state index in [0.29, 0.717) is 48.0 Å². The molecule has 1 amide bonds.